The number of hydrogen-bond donors (Lipinski definition) is 3. The number of aromatic nitrogens is 3. The van der Waals surface area contributed by atoms with E-state index in [2.05, 4.69) is 60.1 Å². The Morgan fingerprint density at radius 3 is 2.28 bits per heavy atom. The lowest BCUT2D eigenvalue weighted by atomic mass is 9.91. The van der Waals surface area contributed by atoms with Gasteiger partial charge in [-0.15, -0.1) is 0 Å². The third kappa shape index (κ3) is 8.30. The number of pyridine rings is 1. The van der Waals surface area contributed by atoms with Gasteiger partial charge in [0, 0.05) is 44.8 Å². The van der Waals surface area contributed by atoms with Gasteiger partial charge >= 0.3 is 0 Å². The van der Waals surface area contributed by atoms with E-state index in [4.69, 9.17) is 4.74 Å². The summed E-state index contributed by atoms with van der Waals surface area (Å²) in [5.74, 6) is -0.839. The largest absolute Gasteiger partial charge is 0.438 e. The smallest absolute Gasteiger partial charge is 0.271 e. The van der Waals surface area contributed by atoms with Crippen molar-refractivity contribution < 1.29 is 18.7 Å². The zero-order valence-corrected chi connectivity index (χ0v) is 27.8. The number of benzene rings is 3. The fourth-order valence-corrected chi connectivity index (χ4v) is 6.58. The second-order valence-electron chi connectivity index (χ2n) is 12.9. The minimum atomic E-state index is -0.628. The average Bonchev–Trinajstić information content (AvgIpc) is 3.16. The Labute approximate surface area is 290 Å². The van der Waals surface area contributed by atoms with E-state index in [-0.39, 0.29) is 35.1 Å². The van der Waals surface area contributed by atoms with Crippen molar-refractivity contribution in [1.29, 1.82) is 0 Å². The molecule has 2 fully saturated rings. The Morgan fingerprint density at radius 2 is 1.52 bits per heavy atom. The number of nitrogens with one attached hydrogen (secondary N) is 3. The number of carbonyl (C=O) groups is 2. The van der Waals surface area contributed by atoms with Crippen molar-refractivity contribution in [2.75, 3.05) is 32.7 Å². The maximum Gasteiger partial charge on any atom is 0.271 e. The molecule has 2 aromatic heterocycles. The van der Waals surface area contributed by atoms with Crippen LogP contribution in [0, 0.1) is 5.82 Å². The number of fused-ring (bicyclic) bond motifs is 1. The van der Waals surface area contributed by atoms with E-state index in [1.165, 1.54) is 11.8 Å². The molecule has 2 aliphatic rings. The van der Waals surface area contributed by atoms with E-state index in [0.717, 1.165) is 68.1 Å². The highest BCUT2D eigenvalue weighted by atomic mass is 19.1. The fourth-order valence-electron chi connectivity index (χ4n) is 6.58. The van der Waals surface area contributed by atoms with Gasteiger partial charge in [0.25, 0.3) is 11.8 Å². The topological polar surface area (TPSA) is 121 Å². The van der Waals surface area contributed by atoms with Crippen molar-refractivity contribution in [3.8, 4) is 22.8 Å². The van der Waals surface area contributed by atoms with Gasteiger partial charge in [-0.25, -0.2) is 14.4 Å². The Bertz CT molecular complexity index is 1960. The number of halogens is 1. The number of carbonyl (C=O) groups excluding carboxylic acids is 2. The molecule has 2 amide bonds. The molecule has 0 spiro atoms. The summed E-state index contributed by atoms with van der Waals surface area (Å²) in [4.78, 5) is 41.7. The number of amides is 2. The summed E-state index contributed by atoms with van der Waals surface area (Å²) in [5, 5.41) is 9.46. The van der Waals surface area contributed by atoms with Gasteiger partial charge < -0.3 is 25.6 Å². The van der Waals surface area contributed by atoms with E-state index < -0.39 is 11.7 Å². The van der Waals surface area contributed by atoms with Crippen LogP contribution in [0.15, 0.2) is 91.3 Å². The molecule has 3 aromatic carbocycles. The van der Waals surface area contributed by atoms with Gasteiger partial charge in [0.15, 0.2) is 0 Å². The molecule has 0 unspecified atom stereocenters. The number of hydrogen-bond acceptors (Lipinski definition) is 8. The molecule has 10 nitrogen and oxygen atoms in total. The van der Waals surface area contributed by atoms with Gasteiger partial charge in [-0.2, -0.15) is 0 Å². The lowest BCUT2D eigenvalue weighted by Crippen LogP contribution is -2.44. The van der Waals surface area contributed by atoms with Crippen LogP contribution in [0.1, 0.15) is 52.1 Å². The van der Waals surface area contributed by atoms with Crippen LogP contribution >= 0.6 is 0 Å². The molecule has 3 N–H and O–H groups in total. The first-order valence-electron chi connectivity index (χ1n) is 17.3. The highest BCUT2D eigenvalue weighted by Gasteiger charge is 2.26. The first-order chi connectivity index (χ1) is 24.5. The summed E-state index contributed by atoms with van der Waals surface area (Å²) in [6.07, 6.45) is 6.18. The lowest BCUT2D eigenvalue weighted by Gasteiger charge is -2.29. The number of rotatable bonds is 10. The fraction of sp³-hybridized carbons (Fsp3) is 0.308. The van der Waals surface area contributed by atoms with Crippen LogP contribution in [0.4, 0.5) is 4.39 Å². The molecule has 0 atom stereocenters. The maximum absolute atomic E-state index is 14.3. The van der Waals surface area contributed by atoms with Crippen molar-refractivity contribution in [2.45, 2.75) is 44.2 Å². The summed E-state index contributed by atoms with van der Waals surface area (Å²) in [6.45, 7) is 5.32. The van der Waals surface area contributed by atoms with Gasteiger partial charge in [0.1, 0.15) is 22.8 Å². The van der Waals surface area contributed by atoms with Crippen LogP contribution in [0.3, 0.4) is 0 Å². The second kappa shape index (κ2) is 15.5. The van der Waals surface area contributed by atoms with Gasteiger partial charge in [0.2, 0.25) is 5.88 Å². The quantitative estimate of drug-likeness (QED) is 0.177. The Hall–Kier alpha value is -5.26. The molecular weight excluding hydrogens is 633 g/mol. The molecule has 11 heteroatoms. The SMILES string of the molecule is O=C(N[C@H]1CC[C@H](NC(=O)c2cc(F)cnc2Oc2cccc(-c3ccc(CCN4CCNCC4)cc3)c2)CC1)c1cnc2ccccc2n1. The first-order valence-corrected chi connectivity index (χ1v) is 17.3. The Morgan fingerprint density at radius 1 is 0.800 bits per heavy atom. The van der Waals surface area contributed by atoms with Crippen LogP contribution in [-0.2, 0) is 6.42 Å². The predicted octanol–water partition coefficient (Wildman–Crippen LogP) is 5.54. The predicted molar refractivity (Wildman–Crippen MR) is 190 cm³/mol. The third-order valence-electron chi connectivity index (χ3n) is 9.40. The standard InChI is InChI=1S/C39H40FN7O3/c40-29-23-33(37(48)44-30-12-14-31(15-13-30)45-38(49)36-25-42-34-6-1-2-7-35(34)46-36)39(43-24-29)50-32-5-3-4-28(22-32)27-10-8-26(9-11-27)16-19-47-20-17-41-18-21-47/h1-11,22-25,30-31,41H,12-21H2,(H,44,48)(H,45,49)/t30-,31-. The minimum absolute atomic E-state index is 0.0227. The summed E-state index contributed by atoms with van der Waals surface area (Å²) < 4.78 is 20.4. The normalized spacial score (nSPS) is 18.0. The highest BCUT2D eigenvalue weighted by Crippen LogP contribution is 2.29. The molecule has 256 valence electrons. The Balaban J connectivity index is 0.940. The number of nitrogens with zero attached hydrogens (tertiary/aromatic N) is 4. The zero-order chi connectivity index (χ0) is 34.3. The van der Waals surface area contributed by atoms with Gasteiger partial charge in [0.05, 0.1) is 23.4 Å². The van der Waals surface area contributed by atoms with E-state index in [0.29, 0.717) is 36.9 Å². The molecule has 7 rings (SSSR count). The molecular formula is C39H40FN7O3. The van der Waals surface area contributed by atoms with Crippen LogP contribution in [-0.4, -0.2) is 76.5 Å². The van der Waals surface area contributed by atoms with Gasteiger partial charge in [-0.05, 0) is 79.1 Å². The average molecular weight is 674 g/mol. The second-order valence-corrected chi connectivity index (χ2v) is 12.9. The summed E-state index contributed by atoms with van der Waals surface area (Å²) >= 11 is 0. The van der Waals surface area contributed by atoms with E-state index >= 15 is 0 Å². The van der Waals surface area contributed by atoms with E-state index in [9.17, 15) is 14.0 Å². The minimum Gasteiger partial charge on any atom is -0.438 e. The molecule has 0 bridgehead atoms. The lowest BCUT2D eigenvalue weighted by molar-refractivity contribution is 0.0887. The molecule has 50 heavy (non-hydrogen) atoms. The van der Waals surface area contributed by atoms with Crippen LogP contribution < -0.4 is 20.7 Å². The molecule has 3 heterocycles. The van der Waals surface area contributed by atoms with Crippen molar-refractivity contribution in [2.24, 2.45) is 0 Å². The zero-order valence-electron chi connectivity index (χ0n) is 27.8. The van der Waals surface area contributed by atoms with Crippen LogP contribution in [0.5, 0.6) is 11.6 Å². The summed E-state index contributed by atoms with van der Waals surface area (Å²) in [6, 6.07) is 24.5. The molecule has 1 saturated heterocycles. The summed E-state index contributed by atoms with van der Waals surface area (Å²) in [7, 11) is 0. The van der Waals surface area contributed by atoms with Crippen molar-refractivity contribution in [3.05, 3.63) is 114 Å². The summed E-state index contributed by atoms with van der Waals surface area (Å²) in [5.41, 5.74) is 4.98. The van der Waals surface area contributed by atoms with Gasteiger partial charge in [-0.1, -0.05) is 48.5 Å². The number of ether oxygens (including phenoxy) is 1. The molecule has 1 aliphatic carbocycles. The van der Waals surface area contributed by atoms with E-state index in [1.54, 1.807) is 6.07 Å². The maximum atomic E-state index is 14.3. The first kappa shape index (κ1) is 33.2. The highest BCUT2D eigenvalue weighted by molar-refractivity contribution is 5.96. The monoisotopic (exact) mass is 673 g/mol. The van der Waals surface area contributed by atoms with E-state index in [1.807, 2.05) is 42.5 Å². The van der Waals surface area contributed by atoms with Crippen LogP contribution in [0.25, 0.3) is 22.2 Å². The molecule has 5 aromatic rings. The molecule has 1 aliphatic heterocycles. The third-order valence-corrected chi connectivity index (χ3v) is 9.40. The molecule has 0 radical (unpaired) electrons. The van der Waals surface area contributed by atoms with Crippen molar-refractivity contribution in [3.63, 3.8) is 0 Å². The molecule has 1 saturated carbocycles. The van der Waals surface area contributed by atoms with Gasteiger partial charge in [-0.3, -0.25) is 14.6 Å². The Kier molecular flexibility index (Phi) is 10.3. The van der Waals surface area contributed by atoms with Crippen molar-refractivity contribution in [1.82, 2.24) is 35.8 Å². The number of para-hydroxylation sites is 2. The van der Waals surface area contributed by atoms with Crippen LogP contribution in [0.2, 0.25) is 0 Å². The van der Waals surface area contributed by atoms with Crippen molar-refractivity contribution >= 4 is 22.8 Å². The number of piperazine rings is 1.